The fourth-order valence-corrected chi connectivity index (χ4v) is 2.12. The fraction of sp³-hybridized carbons (Fsp3) is 0.357. The zero-order valence-electron chi connectivity index (χ0n) is 11.1. The van der Waals surface area contributed by atoms with Gasteiger partial charge in [-0.05, 0) is 25.5 Å². The highest BCUT2D eigenvalue weighted by molar-refractivity contribution is 7.94. The van der Waals surface area contributed by atoms with Gasteiger partial charge < -0.3 is 4.74 Å². The van der Waals surface area contributed by atoms with E-state index in [0.717, 1.165) is 22.5 Å². The zero-order chi connectivity index (χ0) is 13.9. The first-order valence-electron chi connectivity index (χ1n) is 6.02. The molecule has 1 aliphatic rings. The lowest BCUT2D eigenvalue weighted by Crippen LogP contribution is -2.31. The van der Waals surface area contributed by atoms with Crippen LogP contribution < -0.4 is 0 Å². The Morgan fingerprint density at radius 3 is 2.53 bits per heavy atom. The van der Waals surface area contributed by atoms with Crippen molar-refractivity contribution in [1.29, 1.82) is 0 Å². The van der Waals surface area contributed by atoms with E-state index in [1.807, 2.05) is 38.1 Å². The molecule has 5 heteroatoms. The van der Waals surface area contributed by atoms with Gasteiger partial charge in [0.15, 0.2) is 5.60 Å². The number of ketones is 1. The van der Waals surface area contributed by atoms with Crippen LogP contribution in [0.5, 0.6) is 0 Å². The number of rotatable bonds is 5. The number of hydrogen-bond acceptors (Lipinski definition) is 5. The van der Waals surface area contributed by atoms with E-state index in [1.54, 1.807) is 6.08 Å². The Morgan fingerprint density at radius 2 is 2.00 bits per heavy atom. The average molecular weight is 280 g/mol. The van der Waals surface area contributed by atoms with Gasteiger partial charge in [0.2, 0.25) is 5.78 Å². The summed E-state index contributed by atoms with van der Waals surface area (Å²) in [6.45, 7) is 3.76. The van der Waals surface area contributed by atoms with E-state index in [-0.39, 0.29) is 5.78 Å². The molecule has 1 aliphatic heterocycles. The Hall–Kier alpha value is -1.30. The number of carbonyl (C=O) groups is 1. The maximum atomic E-state index is 11.9. The summed E-state index contributed by atoms with van der Waals surface area (Å²) in [7, 11) is 1.45. The predicted molar refractivity (Wildman–Crippen MR) is 73.2 cm³/mol. The third-order valence-corrected chi connectivity index (χ3v) is 3.80. The van der Waals surface area contributed by atoms with Crippen molar-refractivity contribution in [3.05, 3.63) is 35.9 Å². The van der Waals surface area contributed by atoms with Crippen LogP contribution in [0.4, 0.5) is 0 Å². The second-order valence-corrected chi connectivity index (χ2v) is 5.18. The van der Waals surface area contributed by atoms with Gasteiger partial charge in [-0.3, -0.25) is 4.79 Å². The molecule has 0 bridgehead atoms. The molecule has 19 heavy (non-hydrogen) atoms. The van der Waals surface area contributed by atoms with Gasteiger partial charge in [0.1, 0.15) is 5.76 Å². The monoisotopic (exact) mass is 280 g/mol. The topological polar surface area (TPSA) is 44.8 Å². The molecule has 0 saturated carbocycles. The van der Waals surface area contributed by atoms with Crippen LogP contribution in [0.2, 0.25) is 0 Å². The summed E-state index contributed by atoms with van der Waals surface area (Å²) in [6, 6.07) is 7.55. The van der Waals surface area contributed by atoms with Crippen LogP contribution in [-0.4, -0.2) is 18.5 Å². The number of carbonyl (C=O) groups excluding carboxylic acids is 1. The van der Waals surface area contributed by atoms with E-state index in [2.05, 4.69) is 4.89 Å². The standard InChI is InChI=1S/C14H16O4S/c1-4-14(2)13(15)9-12(17-14)10-5-7-11(8-6-10)19-18-16-3/h5-9H,4H2,1-3H3. The van der Waals surface area contributed by atoms with E-state index in [9.17, 15) is 4.79 Å². The average Bonchev–Trinajstić information content (AvgIpc) is 2.74. The van der Waals surface area contributed by atoms with Gasteiger partial charge in [0.05, 0.1) is 19.2 Å². The molecule has 0 fully saturated rings. The minimum absolute atomic E-state index is 0.0196. The SMILES string of the molecule is CCC1(C)OC(c2ccc(SOOC)cc2)=CC1=O. The van der Waals surface area contributed by atoms with Crippen molar-refractivity contribution in [2.75, 3.05) is 7.11 Å². The third kappa shape index (κ3) is 3.00. The number of hydrogen-bond donors (Lipinski definition) is 0. The van der Waals surface area contributed by atoms with Crippen molar-refractivity contribution in [1.82, 2.24) is 0 Å². The van der Waals surface area contributed by atoms with E-state index in [4.69, 9.17) is 9.07 Å². The molecule has 102 valence electrons. The van der Waals surface area contributed by atoms with Crippen molar-refractivity contribution in [2.24, 2.45) is 0 Å². The molecule has 1 atom stereocenters. The second-order valence-electron chi connectivity index (χ2n) is 4.40. The van der Waals surface area contributed by atoms with Gasteiger partial charge in [-0.1, -0.05) is 19.1 Å². The minimum Gasteiger partial charge on any atom is -0.479 e. The van der Waals surface area contributed by atoms with Crippen molar-refractivity contribution >= 4 is 23.6 Å². The molecule has 1 aromatic carbocycles. The highest BCUT2D eigenvalue weighted by Gasteiger charge is 2.38. The third-order valence-electron chi connectivity index (χ3n) is 3.13. The molecule has 0 saturated heterocycles. The number of benzene rings is 1. The van der Waals surface area contributed by atoms with Gasteiger partial charge in [-0.15, -0.1) is 0 Å². The summed E-state index contributed by atoms with van der Waals surface area (Å²) in [4.78, 5) is 17.3. The molecular weight excluding hydrogens is 264 g/mol. The molecule has 1 unspecified atom stereocenters. The smallest absolute Gasteiger partial charge is 0.202 e. The maximum absolute atomic E-state index is 11.9. The fourth-order valence-electron chi connectivity index (χ4n) is 1.73. The zero-order valence-corrected chi connectivity index (χ0v) is 12.0. The summed E-state index contributed by atoms with van der Waals surface area (Å²) < 4.78 is 10.5. The lowest BCUT2D eigenvalue weighted by Gasteiger charge is -2.21. The van der Waals surface area contributed by atoms with Crippen molar-refractivity contribution in [3.63, 3.8) is 0 Å². The van der Waals surface area contributed by atoms with Crippen LogP contribution in [-0.2, 0) is 18.8 Å². The Bertz CT molecular complexity index is 495. The van der Waals surface area contributed by atoms with Crippen LogP contribution in [0.25, 0.3) is 5.76 Å². The minimum atomic E-state index is -0.720. The molecule has 0 amide bonds. The van der Waals surface area contributed by atoms with Crippen LogP contribution in [0.15, 0.2) is 35.2 Å². The molecule has 0 aromatic heterocycles. The largest absolute Gasteiger partial charge is 0.479 e. The van der Waals surface area contributed by atoms with E-state index < -0.39 is 5.60 Å². The van der Waals surface area contributed by atoms with Crippen LogP contribution >= 0.6 is 12.0 Å². The van der Waals surface area contributed by atoms with E-state index in [1.165, 1.54) is 7.11 Å². The summed E-state index contributed by atoms with van der Waals surface area (Å²) in [5.74, 6) is 0.643. The summed E-state index contributed by atoms with van der Waals surface area (Å²) in [5.41, 5.74) is 0.161. The summed E-state index contributed by atoms with van der Waals surface area (Å²) in [5, 5.41) is 0. The first kappa shape index (κ1) is 14.1. The molecule has 0 radical (unpaired) electrons. The lowest BCUT2D eigenvalue weighted by molar-refractivity contribution is -0.160. The molecular formula is C14H16O4S. The van der Waals surface area contributed by atoms with Gasteiger partial charge in [-0.2, -0.15) is 4.33 Å². The molecule has 1 heterocycles. The van der Waals surface area contributed by atoms with Crippen molar-refractivity contribution in [3.8, 4) is 0 Å². The normalized spacial score (nSPS) is 22.3. The lowest BCUT2D eigenvalue weighted by atomic mass is 9.99. The van der Waals surface area contributed by atoms with Crippen LogP contribution in [0.1, 0.15) is 25.8 Å². The molecule has 4 nitrogen and oxygen atoms in total. The highest BCUT2D eigenvalue weighted by Crippen LogP contribution is 2.34. The van der Waals surface area contributed by atoms with Gasteiger partial charge in [0.25, 0.3) is 0 Å². The Balaban J connectivity index is 2.12. The first-order valence-corrected chi connectivity index (χ1v) is 6.76. The Labute approximate surface area is 116 Å². The molecule has 0 aliphatic carbocycles. The molecule has 0 N–H and O–H groups in total. The van der Waals surface area contributed by atoms with Crippen molar-refractivity contribution < 1.29 is 18.8 Å². The van der Waals surface area contributed by atoms with E-state index in [0.29, 0.717) is 12.2 Å². The number of ether oxygens (including phenoxy) is 1. The van der Waals surface area contributed by atoms with Gasteiger partial charge >= 0.3 is 0 Å². The van der Waals surface area contributed by atoms with Gasteiger partial charge in [-0.25, -0.2) is 4.89 Å². The predicted octanol–water partition coefficient (Wildman–Crippen LogP) is 3.38. The summed E-state index contributed by atoms with van der Waals surface area (Å²) in [6.07, 6.45) is 2.22. The Kier molecular flexibility index (Phi) is 4.29. The first-order chi connectivity index (χ1) is 9.09. The van der Waals surface area contributed by atoms with Crippen LogP contribution in [0, 0.1) is 0 Å². The van der Waals surface area contributed by atoms with Crippen LogP contribution in [0.3, 0.4) is 0 Å². The Morgan fingerprint density at radius 1 is 1.32 bits per heavy atom. The van der Waals surface area contributed by atoms with E-state index >= 15 is 0 Å². The molecule has 2 rings (SSSR count). The quantitative estimate of drug-likeness (QED) is 0.470. The van der Waals surface area contributed by atoms with Gasteiger partial charge in [0, 0.05) is 16.5 Å². The maximum Gasteiger partial charge on any atom is 0.202 e. The highest BCUT2D eigenvalue weighted by atomic mass is 32.2. The summed E-state index contributed by atoms with van der Waals surface area (Å²) >= 11 is 1.13. The molecule has 1 aromatic rings. The molecule has 0 spiro atoms. The second kappa shape index (κ2) is 5.77. The van der Waals surface area contributed by atoms with Crippen molar-refractivity contribution in [2.45, 2.75) is 30.8 Å².